The molecule has 0 saturated carbocycles. The number of carboxylic acids is 1. The number of likely N-dealkylation sites (tertiary alicyclic amines) is 1. The van der Waals surface area contributed by atoms with E-state index >= 15 is 0 Å². The molecule has 0 aromatic rings. The van der Waals surface area contributed by atoms with Crippen LogP contribution in [0.4, 0.5) is 0 Å². The summed E-state index contributed by atoms with van der Waals surface area (Å²) >= 11 is 0. The number of nitrogens with zero attached hydrogens (tertiary/aromatic N) is 1. The number of nitrogens with two attached hydrogens (primary N) is 1. The first-order chi connectivity index (χ1) is 6.84. The molecule has 1 aliphatic rings. The number of carboxylic acid groups (broad SMARTS) is 1. The number of hydrogen-bond donors (Lipinski definition) is 2. The first-order valence-corrected chi connectivity index (χ1v) is 5.62. The van der Waals surface area contributed by atoms with E-state index in [0.717, 1.165) is 12.8 Å². The van der Waals surface area contributed by atoms with Gasteiger partial charge < -0.3 is 10.8 Å². The maximum atomic E-state index is 11.0. The summed E-state index contributed by atoms with van der Waals surface area (Å²) in [6.45, 7) is 6.31. The minimum atomic E-state index is -1.14. The number of hydrogen-bond acceptors (Lipinski definition) is 3. The second kappa shape index (κ2) is 4.49. The molecule has 1 rings (SSSR count). The van der Waals surface area contributed by atoms with Crippen molar-refractivity contribution in [3.63, 3.8) is 0 Å². The number of rotatable bonds is 3. The molecule has 0 aliphatic carbocycles. The van der Waals surface area contributed by atoms with Gasteiger partial charge in [-0.05, 0) is 33.6 Å². The smallest absolute Gasteiger partial charge is 0.324 e. The summed E-state index contributed by atoms with van der Waals surface area (Å²) in [5.41, 5.74) is 4.63. The van der Waals surface area contributed by atoms with E-state index in [-0.39, 0.29) is 0 Å². The Kier molecular flexibility index (Phi) is 3.73. The summed E-state index contributed by atoms with van der Waals surface area (Å²) in [5, 5.41) is 8.99. The molecule has 0 radical (unpaired) electrons. The molecule has 1 heterocycles. The first-order valence-electron chi connectivity index (χ1n) is 5.62. The van der Waals surface area contributed by atoms with Gasteiger partial charge in [0.1, 0.15) is 5.54 Å². The predicted molar refractivity (Wildman–Crippen MR) is 59.7 cm³/mol. The van der Waals surface area contributed by atoms with Gasteiger partial charge in [0.05, 0.1) is 0 Å². The standard InChI is InChI=1S/C11H22N2O2/c1-8-5-4-6-9(2)13(8)7-11(3,12)10(14)15/h8-9H,4-7,12H2,1-3H3,(H,14,15). The molecule has 4 nitrogen and oxygen atoms in total. The lowest BCUT2D eigenvalue weighted by atomic mass is 9.94. The summed E-state index contributed by atoms with van der Waals surface area (Å²) in [4.78, 5) is 13.2. The fraction of sp³-hybridized carbons (Fsp3) is 0.909. The Morgan fingerprint density at radius 1 is 1.47 bits per heavy atom. The molecule has 1 saturated heterocycles. The highest BCUT2D eigenvalue weighted by molar-refractivity contribution is 5.78. The third kappa shape index (κ3) is 2.92. The maximum Gasteiger partial charge on any atom is 0.324 e. The zero-order valence-corrected chi connectivity index (χ0v) is 9.86. The van der Waals surface area contributed by atoms with Crippen molar-refractivity contribution in [1.82, 2.24) is 4.90 Å². The maximum absolute atomic E-state index is 11.0. The average molecular weight is 214 g/mol. The third-order valence-electron chi connectivity index (χ3n) is 3.38. The molecule has 3 N–H and O–H groups in total. The van der Waals surface area contributed by atoms with Crippen molar-refractivity contribution in [2.75, 3.05) is 6.54 Å². The topological polar surface area (TPSA) is 66.6 Å². The van der Waals surface area contributed by atoms with Crippen LogP contribution >= 0.6 is 0 Å². The Labute approximate surface area is 91.4 Å². The van der Waals surface area contributed by atoms with Gasteiger partial charge in [-0.15, -0.1) is 0 Å². The van der Waals surface area contributed by atoms with Crippen molar-refractivity contribution in [2.24, 2.45) is 5.73 Å². The Balaban J connectivity index is 2.66. The van der Waals surface area contributed by atoms with Gasteiger partial charge in [0.25, 0.3) is 0 Å². The minimum absolute atomic E-state index is 0.435. The lowest BCUT2D eigenvalue weighted by Gasteiger charge is -2.41. The van der Waals surface area contributed by atoms with Gasteiger partial charge in [-0.2, -0.15) is 0 Å². The normalized spacial score (nSPS) is 32.3. The van der Waals surface area contributed by atoms with Crippen molar-refractivity contribution in [1.29, 1.82) is 0 Å². The van der Waals surface area contributed by atoms with Crippen LogP contribution in [-0.2, 0) is 4.79 Å². The van der Waals surface area contributed by atoms with Crippen LogP contribution in [0.1, 0.15) is 40.0 Å². The Hall–Kier alpha value is -0.610. The predicted octanol–water partition coefficient (Wildman–Crippen LogP) is 1.05. The molecule has 0 aromatic heterocycles. The van der Waals surface area contributed by atoms with Crippen molar-refractivity contribution in [3.8, 4) is 0 Å². The van der Waals surface area contributed by atoms with Crippen molar-refractivity contribution < 1.29 is 9.90 Å². The van der Waals surface area contributed by atoms with Crippen molar-refractivity contribution >= 4 is 5.97 Å². The minimum Gasteiger partial charge on any atom is -0.480 e. The van der Waals surface area contributed by atoms with Gasteiger partial charge in [-0.3, -0.25) is 9.69 Å². The zero-order valence-electron chi connectivity index (χ0n) is 9.86. The summed E-state index contributed by atoms with van der Waals surface area (Å²) < 4.78 is 0. The van der Waals surface area contributed by atoms with E-state index in [1.165, 1.54) is 6.42 Å². The van der Waals surface area contributed by atoms with Gasteiger partial charge in [0, 0.05) is 18.6 Å². The Morgan fingerprint density at radius 3 is 2.33 bits per heavy atom. The van der Waals surface area contributed by atoms with Crippen molar-refractivity contribution in [2.45, 2.75) is 57.7 Å². The lowest BCUT2D eigenvalue weighted by Crippen LogP contribution is -2.58. The second-order valence-electron chi connectivity index (χ2n) is 5.02. The SMILES string of the molecule is CC1CCCC(C)N1CC(C)(N)C(=O)O. The second-order valence-corrected chi connectivity index (χ2v) is 5.02. The summed E-state index contributed by atoms with van der Waals surface area (Å²) in [7, 11) is 0. The van der Waals surface area contributed by atoms with Crippen LogP contribution in [0.25, 0.3) is 0 Å². The molecule has 4 heteroatoms. The molecule has 88 valence electrons. The lowest BCUT2D eigenvalue weighted by molar-refractivity contribution is -0.144. The van der Waals surface area contributed by atoms with E-state index in [1.54, 1.807) is 6.92 Å². The van der Waals surface area contributed by atoms with E-state index in [4.69, 9.17) is 10.8 Å². The van der Waals surface area contributed by atoms with Crippen LogP contribution in [0.5, 0.6) is 0 Å². The van der Waals surface area contributed by atoms with Gasteiger partial charge in [0.2, 0.25) is 0 Å². The van der Waals surface area contributed by atoms with Gasteiger partial charge in [-0.1, -0.05) is 6.42 Å². The van der Waals surface area contributed by atoms with Gasteiger partial charge >= 0.3 is 5.97 Å². The molecule has 15 heavy (non-hydrogen) atoms. The number of piperidine rings is 1. The fourth-order valence-corrected chi connectivity index (χ4v) is 2.23. The molecule has 3 unspecified atom stereocenters. The Bertz CT molecular complexity index is 231. The molecule has 0 spiro atoms. The van der Waals surface area contributed by atoms with E-state index in [9.17, 15) is 4.79 Å². The molecule has 1 aliphatic heterocycles. The summed E-state index contributed by atoms with van der Waals surface area (Å²) in [5.74, 6) is -0.924. The first kappa shape index (κ1) is 12.5. The summed E-state index contributed by atoms with van der Waals surface area (Å²) in [6.07, 6.45) is 3.51. The van der Waals surface area contributed by atoms with Crippen LogP contribution in [0.3, 0.4) is 0 Å². The quantitative estimate of drug-likeness (QED) is 0.737. The Morgan fingerprint density at radius 2 is 1.93 bits per heavy atom. The molecular weight excluding hydrogens is 192 g/mol. The van der Waals surface area contributed by atoms with Crippen molar-refractivity contribution in [3.05, 3.63) is 0 Å². The molecule has 1 fully saturated rings. The monoisotopic (exact) mass is 214 g/mol. The molecule has 0 bridgehead atoms. The van der Waals surface area contributed by atoms with E-state index in [0.29, 0.717) is 18.6 Å². The number of aliphatic carboxylic acids is 1. The average Bonchev–Trinajstić information content (AvgIpc) is 2.11. The van der Waals surface area contributed by atoms with Gasteiger partial charge in [-0.25, -0.2) is 0 Å². The van der Waals surface area contributed by atoms with E-state index < -0.39 is 11.5 Å². The largest absolute Gasteiger partial charge is 0.480 e. The van der Waals surface area contributed by atoms with Crippen LogP contribution in [0, 0.1) is 0 Å². The van der Waals surface area contributed by atoms with Gasteiger partial charge in [0.15, 0.2) is 0 Å². The molecule has 3 atom stereocenters. The molecule has 0 amide bonds. The van der Waals surface area contributed by atoms with Crippen LogP contribution in [0.15, 0.2) is 0 Å². The van der Waals surface area contributed by atoms with Crippen LogP contribution in [-0.4, -0.2) is 40.1 Å². The molecular formula is C11H22N2O2. The fourth-order valence-electron chi connectivity index (χ4n) is 2.23. The van der Waals surface area contributed by atoms with Crippen LogP contribution in [0.2, 0.25) is 0 Å². The van der Waals surface area contributed by atoms with E-state index in [1.807, 2.05) is 0 Å². The molecule has 0 aromatic carbocycles. The highest BCUT2D eigenvalue weighted by atomic mass is 16.4. The highest BCUT2D eigenvalue weighted by Gasteiger charge is 2.35. The third-order valence-corrected chi connectivity index (χ3v) is 3.38. The van der Waals surface area contributed by atoms with Crippen LogP contribution < -0.4 is 5.73 Å². The zero-order chi connectivity index (χ0) is 11.6. The number of carbonyl (C=O) groups is 1. The van der Waals surface area contributed by atoms with E-state index in [2.05, 4.69) is 18.7 Å². The summed E-state index contributed by atoms with van der Waals surface area (Å²) in [6, 6.07) is 0.881. The highest BCUT2D eigenvalue weighted by Crippen LogP contribution is 2.23.